The highest BCUT2D eigenvalue weighted by atomic mass is 16.5. The fraction of sp³-hybridized carbons (Fsp3) is 1.00. The molecule has 0 radical (unpaired) electrons. The molecule has 0 aromatic carbocycles. The Morgan fingerprint density at radius 3 is 2.41 bits per heavy atom. The highest BCUT2D eigenvalue weighted by Gasteiger charge is 2.22. The molecule has 3 heteroatoms. The maximum atomic E-state index is 5.42. The molecule has 0 aliphatic carbocycles. The topological polar surface area (TPSA) is 24.5 Å². The molecule has 1 N–H and O–H groups in total. The Morgan fingerprint density at radius 2 is 1.76 bits per heavy atom. The van der Waals surface area contributed by atoms with Gasteiger partial charge in [-0.3, -0.25) is 0 Å². The van der Waals surface area contributed by atoms with Crippen molar-refractivity contribution in [1.29, 1.82) is 0 Å². The number of hydrogen-bond acceptors (Lipinski definition) is 3. The van der Waals surface area contributed by atoms with Gasteiger partial charge in [0.25, 0.3) is 0 Å². The second kappa shape index (κ2) is 7.34. The summed E-state index contributed by atoms with van der Waals surface area (Å²) in [5.74, 6) is 1.81. The van der Waals surface area contributed by atoms with E-state index in [0.29, 0.717) is 0 Å². The summed E-state index contributed by atoms with van der Waals surface area (Å²) in [6, 6.07) is 0. The molecular formula is C14H28N2O. The molecule has 2 heterocycles. The van der Waals surface area contributed by atoms with Crippen LogP contribution in [0.4, 0.5) is 0 Å². The number of rotatable bonds is 5. The smallest absolute Gasteiger partial charge is 0.0469 e. The van der Waals surface area contributed by atoms with Crippen LogP contribution < -0.4 is 5.32 Å². The van der Waals surface area contributed by atoms with Gasteiger partial charge in [-0.2, -0.15) is 0 Å². The van der Waals surface area contributed by atoms with Crippen molar-refractivity contribution in [2.75, 3.05) is 45.9 Å². The van der Waals surface area contributed by atoms with Gasteiger partial charge >= 0.3 is 0 Å². The van der Waals surface area contributed by atoms with Crippen LogP contribution in [0.3, 0.4) is 0 Å². The zero-order valence-corrected chi connectivity index (χ0v) is 11.3. The predicted molar refractivity (Wildman–Crippen MR) is 71.3 cm³/mol. The van der Waals surface area contributed by atoms with Gasteiger partial charge in [-0.15, -0.1) is 0 Å². The molecule has 2 fully saturated rings. The Balaban J connectivity index is 1.61. The monoisotopic (exact) mass is 240 g/mol. The van der Waals surface area contributed by atoms with Crippen molar-refractivity contribution in [3.05, 3.63) is 0 Å². The van der Waals surface area contributed by atoms with Gasteiger partial charge in [0, 0.05) is 19.8 Å². The van der Waals surface area contributed by atoms with E-state index in [9.17, 15) is 0 Å². The van der Waals surface area contributed by atoms with Crippen LogP contribution in [0.25, 0.3) is 0 Å². The lowest BCUT2D eigenvalue weighted by molar-refractivity contribution is 0.0468. The van der Waals surface area contributed by atoms with Crippen LogP contribution in [-0.2, 0) is 4.74 Å². The summed E-state index contributed by atoms with van der Waals surface area (Å²) in [5.41, 5.74) is 0. The number of piperidine rings is 1. The zero-order chi connectivity index (χ0) is 11.9. The van der Waals surface area contributed by atoms with Crippen molar-refractivity contribution in [2.45, 2.75) is 32.6 Å². The Morgan fingerprint density at radius 1 is 1.06 bits per heavy atom. The molecule has 0 amide bonds. The number of nitrogens with zero attached hydrogens (tertiary/aromatic N) is 1. The maximum Gasteiger partial charge on any atom is 0.0469 e. The van der Waals surface area contributed by atoms with Gasteiger partial charge in [0.15, 0.2) is 0 Å². The lowest BCUT2D eigenvalue weighted by Crippen LogP contribution is -2.40. The van der Waals surface area contributed by atoms with Crippen LogP contribution in [-0.4, -0.2) is 50.8 Å². The molecule has 0 aromatic heterocycles. The van der Waals surface area contributed by atoms with Gasteiger partial charge in [0.05, 0.1) is 0 Å². The van der Waals surface area contributed by atoms with Crippen molar-refractivity contribution < 1.29 is 4.74 Å². The Kier molecular flexibility index (Phi) is 5.75. The summed E-state index contributed by atoms with van der Waals surface area (Å²) in [7, 11) is 0. The van der Waals surface area contributed by atoms with Crippen LogP contribution in [0.1, 0.15) is 32.6 Å². The van der Waals surface area contributed by atoms with E-state index in [1.807, 2.05) is 0 Å². The van der Waals surface area contributed by atoms with Gasteiger partial charge in [0.1, 0.15) is 0 Å². The number of hydrogen-bond donors (Lipinski definition) is 1. The second-order valence-electron chi connectivity index (χ2n) is 5.61. The minimum Gasteiger partial charge on any atom is -0.381 e. The third-order valence-electron chi connectivity index (χ3n) is 4.25. The molecule has 100 valence electrons. The normalized spacial score (nSPS) is 25.2. The van der Waals surface area contributed by atoms with E-state index in [2.05, 4.69) is 17.1 Å². The summed E-state index contributed by atoms with van der Waals surface area (Å²) < 4.78 is 5.42. The second-order valence-corrected chi connectivity index (χ2v) is 5.61. The first kappa shape index (κ1) is 13.3. The van der Waals surface area contributed by atoms with Crippen molar-refractivity contribution in [1.82, 2.24) is 10.2 Å². The van der Waals surface area contributed by atoms with Crippen LogP contribution in [0, 0.1) is 11.8 Å². The fourth-order valence-electron chi connectivity index (χ4n) is 3.02. The van der Waals surface area contributed by atoms with Gasteiger partial charge in [0.2, 0.25) is 0 Å². The molecule has 2 aliphatic heterocycles. The molecule has 0 aromatic rings. The zero-order valence-electron chi connectivity index (χ0n) is 11.3. The molecule has 17 heavy (non-hydrogen) atoms. The SMILES string of the molecule is CCNCC1CCN(CC2CCOCC2)CC1. The highest BCUT2D eigenvalue weighted by Crippen LogP contribution is 2.21. The average Bonchev–Trinajstić information content (AvgIpc) is 2.39. The summed E-state index contributed by atoms with van der Waals surface area (Å²) in [6.07, 6.45) is 5.32. The number of ether oxygens (including phenoxy) is 1. The molecular weight excluding hydrogens is 212 g/mol. The average molecular weight is 240 g/mol. The molecule has 0 spiro atoms. The molecule has 0 bridgehead atoms. The highest BCUT2D eigenvalue weighted by molar-refractivity contribution is 4.76. The van der Waals surface area contributed by atoms with Gasteiger partial charge in [-0.25, -0.2) is 0 Å². The van der Waals surface area contributed by atoms with Gasteiger partial charge in [-0.1, -0.05) is 6.92 Å². The Labute approximate surface area is 106 Å². The van der Waals surface area contributed by atoms with Crippen molar-refractivity contribution >= 4 is 0 Å². The van der Waals surface area contributed by atoms with Crippen LogP contribution in [0.5, 0.6) is 0 Å². The minimum absolute atomic E-state index is 0.897. The lowest BCUT2D eigenvalue weighted by Gasteiger charge is -2.35. The van der Waals surface area contributed by atoms with E-state index in [-0.39, 0.29) is 0 Å². The van der Waals surface area contributed by atoms with Gasteiger partial charge in [-0.05, 0) is 63.7 Å². The minimum atomic E-state index is 0.897. The van der Waals surface area contributed by atoms with Crippen molar-refractivity contribution in [3.8, 4) is 0 Å². The summed E-state index contributed by atoms with van der Waals surface area (Å²) in [6.45, 7) is 10.4. The van der Waals surface area contributed by atoms with Crippen LogP contribution in [0.2, 0.25) is 0 Å². The molecule has 0 saturated carbocycles. The van der Waals surface area contributed by atoms with E-state index >= 15 is 0 Å². The molecule has 2 saturated heterocycles. The Hall–Kier alpha value is -0.120. The first-order valence-electron chi connectivity index (χ1n) is 7.39. The van der Waals surface area contributed by atoms with E-state index in [1.54, 1.807) is 0 Å². The first-order valence-corrected chi connectivity index (χ1v) is 7.39. The predicted octanol–water partition coefficient (Wildman–Crippen LogP) is 1.73. The summed E-state index contributed by atoms with van der Waals surface area (Å²) >= 11 is 0. The van der Waals surface area contributed by atoms with E-state index in [1.165, 1.54) is 51.9 Å². The van der Waals surface area contributed by atoms with E-state index in [4.69, 9.17) is 4.74 Å². The summed E-state index contributed by atoms with van der Waals surface area (Å²) in [4.78, 5) is 2.68. The fourth-order valence-corrected chi connectivity index (χ4v) is 3.02. The van der Waals surface area contributed by atoms with Crippen molar-refractivity contribution in [2.24, 2.45) is 11.8 Å². The van der Waals surface area contributed by atoms with Crippen LogP contribution in [0.15, 0.2) is 0 Å². The van der Waals surface area contributed by atoms with Gasteiger partial charge < -0.3 is 15.0 Å². The van der Waals surface area contributed by atoms with Crippen LogP contribution >= 0.6 is 0 Å². The third kappa shape index (κ3) is 4.57. The Bertz CT molecular complexity index is 196. The standard InChI is InChI=1S/C14H28N2O/c1-2-15-11-13-3-7-16(8-4-13)12-14-5-9-17-10-6-14/h13-15H,2-12H2,1H3. The van der Waals surface area contributed by atoms with Crippen molar-refractivity contribution in [3.63, 3.8) is 0 Å². The molecule has 0 unspecified atom stereocenters. The maximum absolute atomic E-state index is 5.42. The quantitative estimate of drug-likeness (QED) is 0.792. The first-order chi connectivity index (χ1) is 8.38. The molecule has 3 nitrogen and oxygen atoms in total. The lowest BCUT2D eigenvalue weighted by atomic mass is 9.94. The number of likely N-dealkylation sites (tertiary alicyclic amines) is 1. The third-order valence-corrected chi connectivity index (χ3v) is 4.25. The summed E-state index contributed by atoms with van der Waals surface area (Å²) in [5, 5.41) is 3.48. The largest absolute Gasteiger partial charge is 0.381 e. The van der Waals surface area contributed by atoms with E-state index < -0.39 is 0 Å². The number of nitrogens with one attached hydrogen (secondary N) is 1. The molecule has 2 rings (SSSR count). The molecule has 2 aliphatic rings. The van der Waals surface area contributed by atoms with E-state index in [0.717, 1.165) is 31.6 Å². The molecule has 0 atom stereocenters.